The van der Waals surface area contributed by atoms with Crippen molar-refractivity contribution in [1.29, 1.82) is 0 Å². The maximum Gasteiger partial charge on any atom is 0.264 e. The van der Waals surface area contributed by atoms with Gasteiger partial charge in [-0.25, -0.2) is 13.1 Å². The fraction of sp³-hybridized carbons (Fsp3) is 0.485. The molecule has 42 heavy (non-hydrogen) atoms. The van der Waals surface area contributed by atoms with Gasteiger partial charge in [0, 0.05) is 29.1 Å². The molecule has 9 heteroatoms. The Morgan fingerprint density at radius 1 is 1.29 bits per heavy atom. The van der Waals surface area contributed by atoms with Crippen molar-refractivity contribution < 1.29 is 23.1 Å². The van der Waals surface area contributed by atoms with Crippen LogP contribution in [0.15, 0.2) is 61.2 Å². The largest absolute Gasteiger partial charge is 0.490 e. The standard InChI is InChI=1S/C33H41ClN2O5S/c1-3-5-6-9-30(37)27-13-10-25(27)20-36-21-33(16-7-8-23-18-26(34)12-14-28(23)33)22-41-31-15-11-24(19-29(31)36)32(38)35-42(39,40)17-4-2/h4,6,9,11-12,14-15,18-19,25,27,30,37H,2-3,5,7-8,10,13,16-17,20-22H2,1H3,(H,35,38)/b9-6-/t25-,27+,30-,33?/m0/s1. The smallest absolute Gasteiger partial charge is 0.264 e. The van der Waals surface area contributed by atoms with Crippen LogP contribution in [-0.4, -0.2) is 51.0 Å². The van der Waals surface area contributed by atoms with Gasteiger partial charge in [-0.2, -0.15) is 0 Å². The molecule has 1 saturated carbocycles. The Labute approximate surface area is 254 Å². The number of fused-ring (bicyclic) bond motifs is 3. The molecule has 2 aromatic rings. The minimum Gasteiger partial charge on any atom is -0.490 e. The molecule has 226 valence electrons. The molecule has 7 nitrogen and oxygen atoms in total. The van der Waals surface area contributed by atoms with Gasteiger partial charge in [-0.05, 0) is 91.8 Å². The van der Waals surface area contributed by atoms with Crippen molar-refractivity contribution >= 4 is 33.2 Å². The van der Waals surface area contributed by atoms with Crippen molar-refractivity contribution in [1.82, 2.24) is 4.72 Å². The molecule has 0 bridgehead atoms. The predicted molar refractivity (Wildman–Crippen MR) is 168 cm³/mol. The van der Waals surface area contributed by atoms with Crippen LogP contribution in [0.5, 0.6) is 5.75 Å². The number of aryl methyl sites for hydroxylation is 1. The van der Waals surface area contributed by atoms with Gasteiger partial charge in [0.15, 0.2) is 0 Å². The predicted octanol–water partition coefficient (Wildman–Crippen LogP) is 5.80. The summed E-state index contributed by atoms with van der Waals surface area (Å²) in [6.45, 7) is 7.45. The molecule has 2 aromatic carbocycles. The second kappa shape index (κ2) is 12.8. The van der Waals surface area contributed by atoms with E-state index in [-0.39, 0.29) is 28.6 Å². The maximum atomic E-state index is 13.0. The molecule has 1 spiro atoms. The van der Waals surface area contributed by atoms with Crippen molar-refractivity contribution in [3.63, 3.8) is 0 Å². The van der Waals surface area contributed by atoms with Crippen LogP contribution >= 0.6 is 11.6 Å². The Balaban J connectivity index is 1.49. The summed E-state index contributed by atoms with van der Waals surface area (Å²) >= 11 is 6.38. The number of unbranched alkanes of at least 4 members (excludes halogenated alkanes) is 1. The van der Waals surface area contributed by atoms with Crippen LogP contribution < -0.4 is 14.4 Å². The number of carbonyl (C=O) groups excluding carboxylic acids is 1. The summed E-state index contributed by atoms with van der Waals surface area (Å²) in [5, 5.41) is 11.7. The number of aliphatic hydroxyl groups excluding tert-OH is 1. The summed E-state index contributed by atoms with van der Waals surface area (Å²) < 4.78 is 33.2. The van der Waals surface area contributed by atoms with Crippen molar-refractivity contribution in [3.8, 4) is 5.75 Å². The molecule has 1 fully saturated rings. The monoisotopic (exact) mass is 612 g/mol. The third-order valence-corrected chi connectivity index (χ3v) is 10.4. The number of aliphatic hydroxyl groups is 1. The molecule has 1 heterocycles. The van der Waals surface area contributed by atoms with Gasteiger partial charge in [0.25, 0.3) is 5.91 Å². The number of halogens is 1. The lowest BCUT2D eigenvalue weighted by atomic mass is 9.68. The first-order valence-electron chi connectivity index (χ1n) is 15.0. The number of ether oxygens (including phenoxy) is 1. The summed E-state index contributed by atoms with van der Waals surface area (Å²) in [5.74, 6) is 0.0674. The lowest BCUT2D eigenvalue weighted by Gasteiger charge is -2.45. The third-order valence-electron chi connectivity index (χ3n) is 9.04. The van der Waals surface area contributed by atoms with Gasteiger partial charge in [0.1, 0.15) is 5.75 Å². The van der Waals surface area contributed by atoms with Gasteiger partial charge < -0.3 is 14.7 Å². The summed E-state index contributed by atoms with van der Waals surface area (Å²) in [4.78, 5) is 15.3. The average molecular weight is 613 g/mol. The van der Waals surface area contributed by atoms with Crippen LogP contribution in [0, 0.1) is 11.8 Å². The number of nitrogens with zero attached hydrogens (tertiary/aromatic N) is 1. The number of hydrogen-bond donors (Lipinski definition) is 2. The number of sulfonamides is 1. The Morgan fingerprint density at radius 3 is 2.86 bits per heavy atom. The second-order valence-corrected chi connectivity index (χ2v) is 14.2. The zero-order valence-corrected chi connectivity index (χ0v) is 25.8. The molecule has 2 aliphatic carbocycles. The zero-order chi connectivity index (χ0) is 29.9. The SMILES string of the molecule is C=CCS(=O)(=O)NC(=O)c1ccc2c(c1)N(C[C@@H]1CC[C@H]1[C@@H](O)/C=C\CCC)CC1(CCCc3cc(Cl)ccc31)CO2. The Bertz CT molecular complexity index is 1460. The summed E-state index contributed by atoms with van der Waals surface area (Å²) in [5.41, 5.74) is 3.23. The minimum atomic E-state index is -3.83. The van der Waals surface area contributed by atoms with Gasteiger partial charge in [-0.1, -0.05) is 49.2 Å². The number of rotatable bonds is 10. The molecule has 4 atom stereocenters. The van der Waals surface area contributed by atoms with E-state index in [9.17, 15) is 18.3 Å². The van der Waals surface area contributed by atoms with Crippen molar-refractivity contribution in [2.75, 3.05) is 30.3 Å². The highest BCUT2D eigenvalue weighted by Gasteiger charge is 2.44. The van der Waals surface area contributed by atoms with Crippen molar-refractivity contribution in [2.24, 2.45) is 11.8 Å². The van der Waals surface area contributed by atoms with Crippen LogP contribution in [-0.2, 0) is 21.9 Å². The van der Waals surface area contributed by atoms with E-state index in [4.69, 9.17) is 16.3 Å². The van der Waals surface area contributed by atoms with Gasteiger partial charge in [0.2, 0.25) is 10.0 Å². The number of benzene rings is 2. The lowest BCUT2D eigenvalue weighted by molar-refractivity contribution is 0.0456. The van der Waals surface area contributed by atoms with Crippen molar-refractivity contribution in [3.05, 3.63) is 82.9 Å². The zero-order valence-electron chi connectivity index (χ0n) is 24.2. The molecule has 2 N–H and O–H groups in total. The molecule has 0 aromatic heterocycles. The molecular weight excluding hydrogens is 572 g/mol. The van der Waals surface area contributed by atoms with E-state index < -0.39 is 22.0 Å². The second-order valence-electron chi connectivity index (χ2n) is 12.0. The molecular formula is C33H41ClN2O5S. The van der Waals surface area contributed by atoms with Crippen molar-refractivity contribution in [2.45, 2.75) is 63.4 Å². The Hall–Kier alpha value is -2.81. The Kier molecular flexibility index (Phi) is 9.35. The first kappa shape index (κ1) is 30.6. The molecule has 1 amide bonds. The third kappa shape index (κ3) is 6.56. The van der Waals surface area contributed by atoms with Gasteiger partial charge >= 0.3 is 0 Å². The number of amides is 1. The fourth-order valence-electron chi connectivity index (χ4n) is 6.75. The number of carbonyl (C=O) groups is 1. The number of hydrogen-bond acceptors (Lipinski definition) is 6. The van der Waals surface area contributed by atoms with E-state index in [2.05, 4.69) is 41.3 Å². The van der Waals surface area contributed by atoms with E-state index in [0.717, 1.165) is 55.7 Å². The molecule has 0 saturated heterocycles. The topological polar surface area (TPSA) is 95.9 Å². The van der Waals surface area contributed by atoms with E-state index in [0.29, 0.717) is 25.4 Å². The first-order chi connectivity index (χ1) is 20.1. The highest BCUT2D eigenvalue weighted by molar-refractivity contribution is 7.90. The van der Waals surface area contributed by atoms with Gasteiger partial charge in [-0.15, -0.1) is 6.58 Å². The normalized spacial score (nSPS) is 24.2. The summed E-state index contributed by atoms with van der Waals surface area (Å²) in [6, 6.07) is 11.3. The van der Waals surface area contributed by atoms with E-state index >= 15 is 0 Å². The summed E-state index contributed by atoms with van der Waals surface area (Å²) in [7, 11) is -3.83. The average Bonchev–Trinajstić information content (AvgIpc) is 3.08. The molecule has 3 aliphatic rings. The molecule has 5 rings (SSSR count). The molecule has 1 unspecified atom stereocenters. The van der Waals surface area contributed by atoms with Crippen LogP contribution in [0.4, 0.5) is 5.69 Å². The minimum absolute atomic E-state index is 0.162. The highest BCUT2D eigenvalue weighted by Crippen LogP contribution is 2.46. The van der Waals surface area contributed by atoms with E-state index in [1.165, 1.54) is 17.2 Å². The van der Waals surface area contributed by atoms with Crippen LogP contribution in [0.25, 0.3) is 0 Å². The number of allylic oxidation sites excluding steroid dienone is 1. The van der Waals surface area contributed by atoms with Crippen LogP contribution in [0.2, 0.25) is 5.02 Å². The van der Waals surface area contributed by atoms with Crippen LogP contribution in [0.1, 0.15) is 66.9 Å². The lowest BCUT2D eigenvalue weighted by Crippen LogP contribution is -2.49. The van der Waals surface area contributed by atoms with E-state index in [1.54, 1.807) is 18.2 Å². The highest BCUT2D eigenvalue weighted by atomic mass is 35.5. The maximum absolute atomic E-state index is 13.0. The Morgan fingerprint density at radius 2 is 2.12 bits per heavy atom. The molecule has 0 radical (unpaired) electrons. The number of anilines is 1. The number of nitrogens with one attached hydrogen (secondary N) is 1. The fourth-order valence-corrected chi connectivity index (χ4v) is 7.74. The van der Waals surface area contributed by atoms with Gasteiger partial charge in [0.05, 0.1) is 24.2 Å². The first-order valence-corrected chi connectivity index (χ1v) is 17.0. The van der Waals surface area contributed by atoms with E-state index in [1.807, 2.05) is 12.1 Å². The van der Waals surface area contributed by atoms with Crippen LogP contribution in [0.3, 0.4) is 0 Å². The molecule has 1 aliphatic heterocycles. The summed E-state index contributed by atoms with van der Waals surface area (Å²) in [6.07, 6.45) is 11.7. The quantitative estimate of drug-likeness (QED) is 0.329. The van der Waals surface area contributed by atoms with Gasteiger partial charge in [-0.3, -0.25) is 4.79 Å².